The van der Waals surface area contributed by atoms with Gasteiger partial charge in [-0.2, -0.15) is 13.2 Å². The van der Waals surface area contributed by atoms with E-state index in [0.29, 0.717) is 70.9 Å². The summed E-state index contributed by atoms with van der Waals surface area (Å²) in [7, 11) is 3.95. The maximum absolute atomic E-state index is 13.9. The van der Waals surface area contributed by atoms with Gasteiger partial charge in [-0.15, -0.1) is 0 Å². The highest BCUT2D eigenvalue weighted by molar-refractivity contribution is 6.28. The van der Waals surface area contributed by atoms with Crippen molar-refractivity contribution in [1.82, 2.24) is 5.16 Å². The Morgan fingerprint density at radius 2 is 1.56 bits per heavy atom. The van der Waals surface area contributed by atoms with E-state index in [4.69, 9.17) is 4.52 Å². The quantitative estimate of drug-likeness (QED) is 0.230. The van der Waals surface area contributed by atoms with Crippen LogP contribution in [0, 0.1) is 0 Å². The molecule has 0 unspecified atom stereocenters. The van der Waals surface area contributed by atoms with Gasteiger partial charge in [0.05, 0.1) is 27.9 Å². The van der Waals surface area contributed by atoms with Gasteiger partial charge >= 0.3 is 6.18 Å². The van der Waals surface area contributed by atoms with E-state index in [-0.39, 0.29) is 5.78 Å². The van der Waals surface area contributed by atoms with Crippen molar-refractivity contribution in [2.45, 2.75) is 6.18 Å². The van der Waals surface area contributed by atoms with Crippen molar-refractivity contribution in [1.29, 1.82) is 0 Å². The predicted molar refractivity (Wildman–Crippen MR) is 163 cm³/mol. The number of nitrogens with one attached hydrogen (secondary N) is 1. The van der Waals surface area contributed by atoms with Crippen molar-refractivity contribution in [3.8, 4) is 11.3 Å². The first-order valence-electron chi connectivity index (χ1n) is 14.0. The number of halogens is 3. The lowest BCUT2D eigenvalue weighted by molar-refractivity contribution is -0.137. The molecule has 1 saturated heterocycles. The molecule has 43 heavy (non-hydrogen) atoms. The van der Waals surface area contributed by atoms with Crippen LogP contribution in [-0.4, -0.2) is 51.2 Å². The number of alkyl halides is 3. The Morgan fingerprint density at radius 1 is 0.860 bits per heavy atom. The van der Waals surface area contributed by atoms with E-state index in [1.807, 2.05) is 72.4 Å². The Kier molecular flexibility index (Phi) is 6.30. The molecule has 0 bridgehead atoms. The topological polar surface area (TPSA) is 64.8 Å². The SMILES string of the molecule is CN(C)c1ccc(Nc2cc(N3CCN(c4cccc(C(F)(F)F)c4)CC3)c3noc4c3c2C(=O)c2ccccc2-4)cc1. The molecule has 2 heterocycles. The second-order valence-electron chi connectivity index (χ2n) is 11.0. The highest BCUT2D eigenvalue weighted by Crippen LogP contribution is 2.46. The van der Waals surface area contributed by atoms with Crippen LogP contribution in [0.2, 0.25) is 0 Å². The third-order valence-corrected chi connectivity index (χ3v) is 8.20. The monoisotopic (exact) mass is 583 g/mol. The minimum atomic E-state index is -4.40. The molecule has 10 heteroatoms. The van der Waals surface area contributed by atoms with Crippen LogP contribution in [0.3, 0.4) is 0 Å². The highest BCUT2D eigenvalue weighted by Gasteiger charge is 2.35. The third-order valence-electron chi connectivity index (χ3n) is 8.20. The van der Waals surface area contributed by atoms with Gasteiger partial charge in [-0.3, -0.25) is 4.79 Å². The lowest BCUT2D eigenvalue weighted by Gasteiger charge is -2.38. The number of carbonyl (C=O) groups is 1. The molecule has 1 aliphatic heterocycles. The summed E-state index contributed by atoms with van der Waals surface area (Å²) in [4.78, 5) is 20.0. The lowest BCUT2D eigenvalue weighted by Crippen LogP contribution is -2.46. The summed E-state index contributed by atoms with van der Waals surface area (Å²) >= 11 is 0. The van der Waals surface area contributed by atoms with Crippen LogP contribution >= 0.6 is 0 Å². The van der Waals surface area contributed by atoms with Gasteiger partial charge in [0.1, 0.15) is 5.52 Å². The van der Waals surface area contributed by atoms with E-state index in [2.05, 4.69) is 15.4 Å². The van der Waals surface area contributed by atoms with Crippen LogP contribution in [0.1, 0.15) is 21.5 Å². The van der Waals surface area contributed by atoms with E-state index in [1.165, 1.54) is 12.1 Å². The van der Waals surface area contributed by atoms with Crippen LogP contribution < -0.4 is 20.0 Å². The van der Waals surface area contributed by atoms with E-state index >= 15 is 0 Å². The summed E-state index contributed by atoms with van der Waals surface area (Å²) in [5.74, 6) is 0.445. The number of piperazine rings is 1. The molecule has 0 spiro atoms. The van der Waals surface area contributed by atoms with Crippen molar-refractivity contribution in [2.24, 2.45) is 0 Å². The number of benzene rings is 4. The van der Waals surface area contributed by atoms with Crippen molar-refractivity contribution in [3.63, 3.8) is 0 Å². The van der Waals surface area contributed by atoms with Gasteiger partial charge in [-0.05, 0) is 48.5 Å². The summed E-state index contributed by atoms with van der Waals surface area (Å²) in [5.41, 5.74) is 5.56. The molecule has 2 aliphatic rings. The Bertz CT molecular complexity index is 1860. The molecule has 0 atom stereocenters. The largest absolute Gasteiger partial charge is 0.416 e. The van der Waals surface area contributed by atoms with Crippen LogP contribution in [0.25, 0.3) is 22.2 Å². The smallest absolute Gasteiger partial charge is 0.378 e. The van der Waals surface area contributed by atoms with E-state index in [0.717, 1.165) is 23.1 Å². The van der Waals surface area contributed by atoms with Gasteiger partial charge < -0.3 is 24.5 Å². The van der Waals surface area contributed by atoms with Gasteiger partial charge in [0.15, 0.2) is 11.5 Å². The molecule has 0 radical (unpaired) electrons. The third kappa shape index (κ3) is 4.63. The number of ketones is 1. The minimum absolute atomic E-state index is 0.107. The molecule has 0 amide bonds. The molecule has 7 rings (SSSR count). The molecule has 7 nitrogen and oxygen atoms in total. The maximum Gasteiger partial charge on any atom is 0.416 e. The van der Waals surface area contributed by atoms with E-state index in [1.54, 1.807) is 12.1 Å². The average Bonchev–Trinajstić information content (AvgIpc) is 3.45. The Balaban J connectivity index is 1.27. The fourth-order valence-electron chi connectivity index (χ4n) is 5.96. The number of fused-ring (bicyclic) bond motifs is 2. The molecule has 0 saturated carbocycles. The van der Waals surface area contributed by atoms with E-state index < -0.39 is 11.7 Å². The standard InChI is InChI=1S/C33H28F3N5O2/c1-39(2)22-12-10-21(11-13-22)37-26-19-27(30-29-28(26)31(42)24-8-3-4-9-25(24)32(29)43-38-30)41-16-14-40(15-17-41)23-7-5-6-20(18-23)33(34,35)36/h3-13,18-19,37H,14-17H2,1-2H3. The Hall–Kier alpha value is -4.99. The van der Waals surface area contributed by atoms with Crippen LogP contribution in [0.15, 0.2) is 83.4 Å². The average molecular weight is 584 g/mol. The number of hydrogen-bond acceptors (Lipinski definition) is 7. The molecule has 4 aromatic carbocycles. The molecular weight excluding hydrogens is 555 g/mol. The summed E-state index contributed by atoms with van der Waals surface area (Å²) in [6.45, 7) is 2.14. The molecule has 1 aliphatic carbocycles. The second-order valence-corrected chi connectivity index (χ2v) is 11.0. The van der Waals surface area contributed by atoms with Crippen LogP contribution in [0.4, 0.5) is 41.6 Å². The fraction of sp³-hybridized carbons (Fsp3) is 0.212. The molecule has 218 valence electrons. The van der Waals surface area contributed by atoms with Gasteiger partial charge in [0, 0.05) is 68.5 Å². The summed E-state index contributed by atoms with van der Waals surface area (Å²) in [6, 6.07) is 22.7. The van der Waals surface area contributed by atoms with Crippen molar-refractivity contribution >= 4 is 45.1 Å². The lowest BCUT2D eigenvalue weighted by atomic mass is 9.86. The molecule has 1 aromatic heterocycles. The number of rotatable bonds is 5. The van der Waals surface area contributed by atoms with Gasteiger partial charge in [0.2, 0.25) is 0 Å². The zero-order valence-electron chi connectivity index (χ0n) is 23.6. The number of carbonyl (C=O) groups excluding carboxylic acids is 1. The maximum atomic E-state index is 13.9. The molecule has 5 aromatic rings. The van der Waals surface area contributed by atoms with Crippen LogP contribution in [0.5, 0.6) is 0 Å². The Labute approximate surface area is 246 Å². The normalized spacial score (nSPS) is 14.7. The van der Waals surface area contributed by atoms with Gasteiger partial charge in [0.25, 0.3) is 0 Å². The number of anilines is 5. The van der Waals surface area contributed by atoms with Gasteiger partial charge in [-0.25, -0.2) is 0 Å². The highest BCUT2D eigenvalue weighted by atomic mass is 19.4. The van der Waals surface area contributed by atoms with Crippen molar-refractivity contribution in [3.05, 3.63) is 95.6 Å². The van der Waals surface area contributed by atoms with E-state index in [9.17, 15) is 18.0 Å². The summed E-state index contributed by atoms with van der Waals surface area (Å²) < 4.78 is 45.9. The predicted octanol–water partition coefficient (Wildman–Crippen LogP) is 7.19. The first-order valence-corrected chi connectivity index (χ1v) is 14.0. The van der Waals surface area contributed by atoms with Crippen molar-refractivity contribution < 1.29 is 22.5 Å². The molecular formula is C33H28F3N5O2. The number of nitrogens with zero attached hydrogens (tertiary/aromatic N) is 4. The second kappa shape index (κ2) is 10.1. The summed E-state index contributed by atoms with van der Waals surface area (Å²) in [6.07, 6.45) is -4.40. The van der Waals surface area contributed by atoms with Crippen LogP contribution in [-0.2, 0) is 6.18 Å². The number of aromatic nitrogens is 1. The van der Waals surface area contributed by atoms with Gasteiger partial charge in [-0.1, -0.05) is 35.5 Å². The first kappa shape index (κ1) is 26.9. The zero-order chi connectivity index (χ0) is 29.9. The minimum Gasteiger partial charge on any atom is -0.378 e. The first-order chi connectivity index (χ1) is 20.7. The Morgan fingerprint density at radius 3 is 2.26 bits per heavy atom. The molecule has 1 N–H and O–H groups in total. The number of hydrogen-bond donors (Lipinski definition) is 1. The summed E-state index contributed by atoms with van der Waals surface area (Å²) in [5, 5.41) is 8.59. The zero-order valence-corrected chi connectivity index (χ0v) is 23.6. The molecule has 1 fully saturated rings. The van der Waals surface area contributed by atoms with Crippen molar-refractivity contribution in [2.75, 3.05) is 60.3 Å². The fourth-order valence-corrected chi connectivity index (χ4v) is 5.96.